The minimum atomic E-state index is -1.87. The van der Waals surface area contributed by atoms with Crippen LogP contribution < -0.4 is 0 Å². The Morgan fingerprint density at radius 2 is 1.38 bits per heavy atom. The molecule has 1 N–H and O–H groups in total. The van der Waals surface area contributed by atoms with E-state index < -0.39 is 4.52 Å². The second-order valence-corrected chi connectivity index (χ2v) is 4.74. The molecule has 0 saturated carbocycles. The van der Waals surface area contributed by atoms with E-state index in [1.165, 1.54) is 0 Å². The summed E-state index contributed by atoms with van der Waals surface area (Å²) in [6.07, 6.45) is 0. The first-order valence-corrected chi connectivity index (χ1v) is 5.60. The van der Waals surface area contributed by atoms with Crippen molar-refractivity contribution in [2.75, 3.05) is 0 Å². The highest BCUT2D eigenvalue weighted by Crippen LogP contribution is 2.37. The minimum Gasteiger partial charge on any atom is -0.359 e. The standard InChI is InChI=1S/C13H10Cl2O/c14-13(15,16)12-9-5-4-8-11(12)10-6-2-1-3-7-10/h1-9,16H. The van der Waals surface area contributed by atoms with Gasteiger partial charge in [0, 0.05) is 5.56 Å². The van der Waals surface area contributed by atoms with Gasteiger partial charge < -0.3 is 5.11 Å². The van der Waals surface area contributed by atoms with Gasteiger partial charge in [-0.1, -0.05) is 77.8 Å². The third kappa shape index (κ3) is 2.38. The molecule has 0 atom stereocenters. The quantitative estimate of drug-likeness (QED) is 0.804. The van der Waals surface area contributed by atoms with Crippen LogP contribution in [0.5, 0.6) is 0 Å². The highest BCUT2D eigenvalue weighted by atomic mass is 35.5. The summed E-state index contributed by atoms with van der Waals surface area (Å²) >= 11 is 11.5. The van der Waals surface area contributed by atoms with E-state index in [4.69, 9.17) is 23.2 Å². The highest BCUT2D eigenvalue weighted by Gasteiger charge is 2.25. The van der Waals surface area contributed by atoms with E-state index in [0.717, 1.165) is 11.1 Å². The predicted molar refractivity (Wildman–Crippen MR) is 67.5 cm³/mol. The Morgan fingerprint density at radius 1 is 0.812 bits per heavy atom. The summed E-state index contributed by atoms with van der Waals surface area (Å²) in [5, 5.41) is 9.66. The van der Waals surface area contributed by atoms with Crippen LogP contribution in [0.1, 0.15) is 5.56 Å². The van der Waals surface area contributed by atoms with Crippen LogP contribution in [0.3, 0.4) is 0 Å². The molecule has 0 amide bonds. The first-order valence-electron chi connectivity index (χ1n) is 4.84. The van der Waals surface area contributed by atoms with Crippen molar-refractivity contribution in [3.63, 3.8) is 0 Å². The van der Waals surface area contributed by atoms with Crippen LogP contribution >= 0.6 is 23.2 Å². The third-order valence-electron chi connectivity index (χ3n) is 2.34. The summed E-state index contributed by atoms with van der Waals surface area (Å²) in [4.78, 5) is 0. The van der Waals surface area contributed by atoms with Gasteiger partial charge >= 0.3 is 0 Å². The Balaban J connectivity index is 2.58. The SMILES string of the molecule is OC(Cl)(Cl)c1ccccc1-c1ccccc1. The Labute approximate surface area is 104 Å². The fourth-order valence-electron chi connectivity index (χ4n) is 1.61. The first kappa shape index (κ1) is 11.5. The van der Waals surface area contributed by atoms with Gasteiger partial charge in [0.05, 0.1) is 0 Å². The normalized spacial score (nSPS) is 11.4. The molecular weight excluding hydrogens is 243 g/mol. The third-order valence-corrected chi connectivity index (χ3v) is 2.74. The lowest BCUT2D eigenvalue weighted by Crippen LogP contribution is -2.09. The number of alkyl halides is 2. The summed E-state index contributed by atoms with van der Waals surface area (Å²) in [6, 6.07) is 16.9. The number of aliphatic hydroxyl groups is 1. The van der Waals surface area contributed by atoms with E-state index in [9.17, 15) is 5.11 Å². The van der Waals surface area contributed by atoms with E-state index in [0.29, 0.717) is 5.56 Å². The second kappa shape index (κ2) is 4.46. The molecule has 3 heteroatoms. The maximum atomic E-state index is 9.66. The highest BCUT2D eigenvalue weighted by molar-refractivity contribution is 6.46. The molecule has 0 bridgehead atoms. The van der Waals surface area contributed by atoms with Crippen molar-refractivity contribution in [2.24, 2.45) is 0 Å². The van der Waals surface area contributed by atoms with Crippen LogP contribution in [0, 0.1) is 0 Å². The fourth-order valence-corrected chi connectivity index (χ4v) is 1.94. The molecule has 0 spiro atoms. The molecule has 82 valence electrons. The number of rotatable bonds is 2. The Hall–Kier alpha value is -1.02. The lowest BCUT2D eigenvalue weighted by atomic mass is 10.00. The molecule has 0 aromatic heterocycles. The molecular formula is C13H10Cl2O. The first-order chi connectivity index (χ1) is 7.59. The van der Waals surface area contributed by atoms with Crippen molar-refractivity contribution >= 4 is 23.2 Å². The number of hydrogen-bond acceptors (Lipinski definition) is 1. The number of halogens is 2. The van der Waals surface area contributed by atoms with Crippen molar-refractivity contribution in [3.8, 4) is 11.1 Å². The Morgan fingerprint density at radius 3 is 2.00 bits per heavy atom. The van der Waals surface area contributed by atoms with Crippen molar-refractivity contribution < 1.29 is 5.11 Å². The molecule has 2 rings (SSSR count). The second-order valence-electron chi connectivity index (χ2n) is 3.45. The molecule has 2 aromatic carbocycles. The molecule has 0 aliphatic rings. The van der Waals surface area contributed by atoms with Gasteiger partial charge in [-0.05, 0) is 11.1 Å². The summed E-state index contributed by atoms with van der Waals surface area (Å²) in [6.45, 7) is 0. The average Bonchev–Trinajstić information content (AvgIpc) is 2.29. The smallest absolute Gasteiger partial charge is 0.242 e. The molecule has 0 radical (unpaired) electrons. The molecule has 0 aliphatic heterocycles. The molecule has 0 unspecified atom stereocenters. The van der Waals surface area contributed by atoms with Crippen molar-refractivity contribution in [2.45, 2.75) is 4.52 Å². The summed E-state index contributed by atoms with van der Waals surface area (Å²) < 4.78 is -1.87. The van der Waals surface area contributed by atoms with Crippen LogP contribution in [-0.2, 0) is 4.52 Å². The van der Waals surface area contributed by atoms with Crippen LogP contribution in [-0.4, -0.2) is 5.11 Å². The van der Waals surface area contributed by atoms with E-state index in [-0.39, 0.29) is 0 Å². The fraction of sp³-hybridized carbons (Fsp3) is 0.0769. The largest absolute Gasteiger partial charge is 0.359 e. The average molecular weight is 253 g/mol. The Bertz CT molecular complexity index is 475. The van der Waals surface area contributed by atoms with Gasteiger partial charge in [-0.2, -0.15) is 0 Å². The van der Waals surface area contributed by atoms with Crippen LogP contribution in [0.2, 0.25) is 0 Å². The summed E-state index contributed by atoms with van der Waals surface area (Å²) in [5.74, 6) is 0. The molecule has 0 fully saturated rings. The lowest BCUT2D eigenvalue weighted by Gasteiger charge is -2.17. The monoisotopic (exact) mass is 252 g/mol. The maximum absolute atomic E-state index is 9.66. The lowest BCUT2D eigenvalue weighted by molar-refractivity contribution is 0.219. The molecule has 2 aromatic rings. The van der Waals surface area contributed by atoms with Gasteiger partial charge in [0.1, 0.15) is 0 Å². The number of benzene rings is 2. The zero-order valence-electron chi connectivity index (χ0n) is 8.40. The van der Waals surface area contributed by atoms with Crippen LogP contribution in [0.4, 0.5) is 0 Å². The van der Waals surface area contributed by atoms with Gasteiger partial charge in [-0.3, -0.25) is 0 Å². The van der Waals surface area contributed by atoms with Gasteiger partial charge in [-0.25, -0.2) is 0 Å². The van der Waals surface area contributed by atoms with Crippen LogP contribution in [0.15, 0.2) is 54.6 Å². The summed E-state index contributed by atoms with van der Waals surface area (Å²) in [5.41, 5.74) is 2.29. The Kier molecular flexibility index (Phi) is 3.20. The molecule has 0 aliphatic carbocycles. The summed E-state index contributed by atoms with van der Waals surface area (Å²) in [7, 11) is 0. The zero-order chi connectivity index (χ0) is 11.6. The molecule has 16 heavy (non-hydrogen) atoms. The molecule has 1 nitrogen and oxygen atoms in total. The molecule has 0 saturated heterocycles. The van der Waals surface area contributed by atoms with E-state index in [1.807, 2.05) is 42.5 Å². The molecule has 0 heterocycles. The van der Waals surface area contributed by atoms with Crippen molar-refractivity contribution in [1.82, 2.24) is 0 Å². The van der Waals surface area contributed by atoms with Crippen molar-refractivity contribution in [1.29, 1.82) is 0 Å². The van der Waals surface area contributed by atoms with E-state index in [2.05, 4.69) is 0 Å². The maximum Gasteiger partial charge on any atom is 0.242 e. The minimum absolute atomic E-state index is 0.490. The number of hydrogen-bond donors (Lipinski definition) is 1. The van der Waals surface area contributed by atoms with Gasteiger partial charge in [0.25, 0.3) is 0 Å². The van der Waals surface area contributed by atoms with Gasteiger partial charge in [0.15, 0.2) is 0 Å². The van der Waals surface area contributed by atoms with Crippen LogP contribution in [0.25, 0.3) is 11.1 Å². The zero-order valence-corrected chi connectivity index (χ0v) is 9.91. The van der Waals surface area contributed by atoms with Gasteiger partial charge in [-0.15, -0.1) is 0 Å². The van der Waals surface area contributed by atoms with Crippen molar-refractivity contribution in [3.05, 3.63) is 60.2 Å². The predicted octanol–water partition coefficient (Wildman–Crippen LogP) is 3.93. The topological polar surface area (TPSA) is 20.2 Å². The van der Waals surface area contributed by atoms with E-state index in [1.54, 1.807) is 12.1 Å². The van der Waals surface area contributed by atoms with Gasteiger partial charge in [0.2, 0.25) is 4.52 Å². The van der Waals surface area contributed by atoms with E-state index >= 15 is 0 Å².